The van der Waals surface area contributed by atoms with Crippen molar-refractivity contribution in [3.05, 3.63) is 23.8 Å². The van der Waals surface area contributed by atoms with Crippen molar-refractivity contribution in [3.8, 4) is 0 Å². The first-order valence-electron chi connectivity index (χ1n) is 3.08. The van der Waals surface area contributed by atoms with Crippen molar-refractivity contribution in [2.45, 2.75) is 16.7 Å². The Morgan fingerprint density at radius 1 is 1.40 bits per heavy atom. The SMILES string of the molecule is CSc1cccc(S)c1C. The number of hydrogen-bond donors (Lipinski definition) is 1. The van der Waals surface area contributed by atoms with E-state index in [0.717, 1.165) is 4.90 Å². The third-order valence-corrected chi connectivity index (χ3v) is 2.84. The Bertz CT molecular complexity index is 231. The fraction of sp³-hybridized carbons (Fsp3) is 0.250. The summed E-state index contributed by atoms with van der Waals surface area (Å²) in [6.07, 6.45) is 2.08. The quantitative estimate of drug-likeness (QED) is 0.499. The molecule has 0 radical (unpaired) electrons. The first-order chi connectivity index (χ1) is 4.75. The minimum absolute atomic E-state index is 1.08. The van der Waals surface area contributed by atoms with Gasteiger partial charge in [-0.1, -0.05) is 6.07 Å². The van der Waals surface area contributed by atoms with Crippen LogP contribution in [0.3, 0.4) is 0 Å². The van der Waals surface area contributed by atoms with Crippen molar-refractivity contribution in [3.63, 3.8) is 0 Å². The highest BCUT2D eigenvalue weighted by atomic mass is 32.2. The van der Waals surface area contributed by atoms with Crippen LogP contribution in [0.1, 0.15) is 5.56 Å². The van der Waals surface area contributed by atoms with E-state index in [1.165, 1.54) is 10.5 Å². The number of benzene rings is 1. The zero-order chi connectivity index (χ0) is 7.56. The van der Waals surface area contributed by atoms with Crippen LogP contribution in [-0.4, -0.2) is 6.26 Å². The summed E-state index contributed by atoms with van der Waals surface area (Å²) in [4.78, 5) is 2.39. The van der Waals surface area contributed by atoms with E-state index in [1.807, 2.05) is 12.1 Å². The van der Waals surface area contributed by atoms with Gasteiger partial charge in [-0.2, -0.15) is 0 Å². The highest BCUT2D eigenvalue weighted by Gasteiger charge is 1.97. The largest absolute Gasteiger partial charge is 0.143 e. The van der Waals surface area contributed by atoms with E-state index in [-0.39, 0.29) is 0 Å². The summed E-state index contributed by atoms with van der Waals surface area (Å²) in [6.45, 7) is 2.09. The van der Waals surface area contributed by atoms with Gasteiger partial charge in [-0.15, -0.1) is 24.4 Å². The summed E-state index contributed by atoms with van der Waals surface area (Å²) >= 11 is 6.07. The van der Waals surface area contributed by atoms with Crippen LogP contribution in [0.25, 0.3) is 0 Å². The molecule has 0 aromatic heterocycles. The normalized spacial score (nSPS) is 9.90. The van der Waals surface area contributed by atoms with Gasteiger partial charge in [-0.05, 0) is 30.9 Å². The second-order valence-corrected chi connectivity index (χ2v) is 3.43. The standard InChI is InChI=1S/C8H10S2/c1-6-7(9)4-3-5-8(6)10-2/h3-5,9H,1-2H3. The molecule has 0 heterocycles. The molecule has 0 fully saturated rings. The molecule has 54 valence electrons. The summed E-state index contributed by atoms with van der Waals surface area (Å²) in [6, 6.07) is 6.15. The summed E-state index contributed by atoms with van der Waals surface area (Å²) in [5, 5.41) is 0. The first-order valence-corrected chi connectivity index (χ1v) is 4.75. The maximum Gasteiger partial charge on any atom is 0.0109 e. The van der Waals surface area contributed by atoms with E-state index in [2.05, 4.69) is 31.9 Å². The van der Waals surface area contributed by atoms with Gasteiger partial charge in [0.05, 0.1) is 0 Å². The Kier molecular flexibility index (Phi) is 2.69. The molecule has 0 spiro atoms. The first kappa shape index (κ1) is 8.02. The average molecular weight is 170 g/mol. The molecule has 0 atom stereocenters. The molecule has 0 unspecified atom stereocenters. The molecular formula is C8H10S2. The van der Waals surface area contributed by atoms with E-state index in [9.17, 15) is 0 Å². The predicted octanol–water partition coefficient (Wildman–Crippen LogP) is 3.01. The fourth-order valence-electron chi connectivity index (χ4n) is 0.824. The van der Waals surface area contributed by atoms with Gasteiger partial charge < -0.3 is 0 Å². The molecule has 0 bridgehead atoms. The molecule has 0 aliphatic carbocycles. The predicted molar refractivity (Wildman–Crippen MR) is 50.2 cm³/mol. The molecule has 0 saturated heterocycles. The van der Waals surface area contributed by atoms with Crippen LogP contribution in [-0.2, 0) is 0 Å². The Balaban J connectivity index is 3.14. The molecule has 0 aliphatic heterocycles. The summed E-state index contributed by atoms with van der Waals surface area (Å²) in [5.74, 6) is 0. The summed E-state index contributed by atoms with van der Waals surface area (Å²) in [5.41, 5.74) is 1.28. The van der Waals surface area contributed by atoms with Crippen LogP contribution >= 0.6 is 24.4 Å². The number of rotatable bonds is 1. The van der Waals surface area contributed by atoms with E-state index < -0.39 is 0 Å². The fourth-order valence-corrected chi connectivity index (χ4v) is 1.74. The highest BCUT2D eigenvalue weighted by Crippen LogP contribution is 2.24. The van der Waals surface area contributed by atoms with Gasteiger partial charge in [0.1, 0.15) is 0 Å². The number of thioether (sulfide) groups is 1. The van der Waals surface area contributed by atoms with Crippen LogP contribution in [0.4, 0.5) is 0 Å². The van der Waals surface area contributed by atoms with E-state index in [4.69, 9.17) is 0 Å². The molecular weight excluding hydrogens is 160 g/mol. The topological polar surface area (TPSA) is 0 Å². The lowest BCUT2D eigenvalue weighted by molar-refractivity contribution is 1.20. The van der Waals surface area contributed by atoms with Crippen molar-refractivity contribution in [2.24, 2.45) is 0 Å². The maximum absolute atomic E-state index is 4.31. The Morgan fingerprint density at radius 2 is 2.10 bits per heavy atom. The molecule has 2 heteroatoms. The van der Waals surface area contributed by atoms with Crippen LogP contribution in [0.5, 0.6) is 0 Å². The van der Waals surface area contributed by atoms with Gasteiger partial charge in [0.15, 0.2) is 0 Å². The number of hydrogen-bond acceptors (Lipinski definition) is 2. The molecule has 1 aromatic rings. The van der Waals surface area contributed by atoms with Crippen LogP contribution in [0.15, 0.2) is 28.0 Å². The highest BCUT2D eigenvalue weighted by molar-refractivity contribution is 7.98. The second kappa shape index (κ2) is 3.35. The van der Waals surface area contributed by atoms with Crippen molar-refractivity contribution < 1.29 is 0 Å². The van der Waals surface area contributed by atoms with Crippen molar-refractivity contribution >= 4 is 24.4 Å². The third-order valence-electron chi connectivity index (χ3n) is 1.48. The van der Waals surface area contributed by atoms with Gasteiger partial charge in [-0.25, -0.2) is 0 Å². The third kappa shape index (κ3) is 1.50. The maximum atomic E-state index is 4.31. The lowest BCUT2D eigenvalue weighted by atomic mass is 10.2. The molecule has 10 heavy (non-hydrogen) atoms. The lowest BCUT2D eigenvalue weighted by Gasteiger charge is -2.02. The molecule has 1 aromatic carbocycles. The smallest absolute Gasteiger partial charge is 0.0109 e. The number of thiol groups is 1. The monoisotopic (exact) mass is 170 g/mol. The van der Waals surface area contributed by atoms with Crippen LogP contribution < -0.4 is 0 Å². The average Bonchev–Trinajstić information content (AvgIpc) is 1.95. The summed E-state index contributed by atoms with van der Waals surface area (Å²) < 4.78 is 0. The molecule has 0 nitrogen and oxygen atoms in total. The van der Waals surface area contributed by atoms with Gasteiger partial charge in [0, 0.05) is 9.79 Å². The molecule has 0 saturated carbocycles. The van der Waals surface area contributed by atoms with Crippen LogP contribution in [0, 0.1) is 6.92 Å². The van der Waals surface area contributed by atoms with Gasteiger partial charge in [0.2, 0.25) is 0 Å². The molecule has 0 amide bonds. The van der Waals surface area contributed by atoms with Crippen molar-refractivity contribution in [2.75, 3.05) is 6.26 Å². The molecule has 1 rings (SSSR count). The minimum Gasteiger partial charge on any atom is -0.143 e. The van der Waals surface area contributed by atoms with Crippen molar-refractivity contribution in [1.29, 1.82) is 0 Å². The zero-order valence-electron chi connectivity index (χ0n) is 6.09. The summed E-state index contributed by atoms with van der Waals surface area (Å²) in [7, 11) is 0. The Labute approximate surface area is 71.4 Å². The van der Waals surface area contributed by atoms with Crippen LogP contribution in [0.2, 0.25) is 0 Å². The van der Waals surface area contributed by atoms with E-state index >= 15 is 0 Å². The molecule has 0 N–H and O–H groups in total. The Morgan fingerprint density at radius 3 is 2.60 bits per heavy atom. The van der Waals surface area contributed by atoms with E-state index in [0.29, 0.717) is 0 Å². The minimum atomic E-state index is 1.08. The Hall–Kier alpha value is -0.0800. The lowest BCUT2D eigenvalue weighted by Crippen LogP contribution is -1.79. The molecule has 0 aliphatic rings. The van der Waals surface area contributed by atoms with Gasteiger partial charge >= 0.3 is 0 Å². The van der Waals surface area contributed by atoms with Gasteiger partial charge in [-0.3, -0.25) is 0 Å². The van der Waals surface area contributed by atoms with E-state index in [1.54, 1.807) is 11.8 Å². The van der Waals surface area contributed by atoms with Gasteiger partial charge in [0.25, 0.3) is 0 Å². The second-order valence-electron chi connectivity index (χ2n) is 2.10. The van der Waals surface area contributed by atoms with Crippen molar-refractivity contribution in [1.82, 2.24) is 0 Å². The zero-order valence-corrected chi connectivity index (χ0v) is 7.80.